The van der Waals surface area contributed by atoms with E-state index in [1.54, 1.807) is 21.3 Å². The van der Waals surface area contributed by atoms with Crippen LogP contribution in [0.2, 0.25) is 0 Å². The lowest BCUT2D eigenvalue weighted by atomic mass is 10.1. The highest BCUT2D eigenvalue weighted by Gasteiger charge is 2.01. The molecule has 0 saturated carbocycles. The highest BCUT2D eigenvalue weighted by molar-refractivity contribution is 5.79. The van der Waals surface area contributed by atoms with Gasteiger partial charge in [-0.15, -0.1) is 0 Å². The molecule has 0 aliphatic heterocycles. The molecule has 0 atom stereocenters. The van der Waals surface area contributed by atoms with Crippen molar-refractivity contribution >= 4 is 5.96 Å². The van der Waals surface area contributed by atoms with Gasteiger partial charge in [0, 0.05) is 54.1 Å². The summed E-state index contributed by atoms with van der Waals surface area (Å²) in [6.07, 6.45) is 1.05. The molecule has 1 aromatic carbocycles. The lowest BCUT2D eigenvalue weighted by Crippen LogP contribution is -2.40. The fraction of sp³-hybridized carbons (Fsp3) is 0.611. The molecule has 0 unspecified atom stereocenters. The summed E-state index contributed by atoms with van der Waals surface area (Å²) in [5.41, 5.74) is 2.40. The first-order chi connectivity index (χ1) is 11.7. The third-order valence-corrected chi connectivity index (χ3v) is 3.69. The maximum absolute atomic E-state index is 5.12. The highest BCUT2D eigenvalue weighted by atomic mass is 16.5. The van der Waals surface area contributed by atoms with Crippen LogP contribution in [0.3, 0.4) is 0 Å². The van der Waals surface area contributed by atoms with E-state index in [4.69, 9.17) is 9.47 Å². The number of likely N-dealkylation sites (N-methyl/N-ethyl adjacent to an activating group) is 1. The quantitative estimate of drug-likeness (QED) is 0.364. The zero-order chi connectivity index (χ0) is 17.6. The zero-order valence-electron chi connectivity index (χ0n) is 15.5. The first-order valence-corrected chi connectivity index (χ1v) is 8.38. The van der Waals surface area contributed by atoms with E-state index in [2.05, 4.69) is 51.8 Å². The number of benzene rings is 1. The Morgan fingerprint density at radius 2 is 1.75 bits per heavy atom. The van der Waals surface area contributed by atoms with Crippen LogP contribution in [0.25, 0.3) is 0 Å². The maximum atomic E-state index is 5.12. The Labute approximate surface area is 146 Å². The number of ether oxygens (including phenoxy) is 2. The van der Waals surface area contributed by atoms with Crippen LogP contribution in [0, 0.1) is 0 Å². The van der Waals surface area contributed by atoms with Crippen molar-refractivity contribution in [2.24, 2.45) is 4.99 Å². The molecule has 0 aliphatic rings. The Hall–Kier alpha value is -1.63. The number of nitrogens with zero attached hydrogens (tertiary/aromatic N) is 2. The molecule has 0 fully saturated rings. The first kappa shape index (κ1) is 20.4. The summed E-state index contributed by atoms with van der Waals surface area (Å²) >= 11 is 0. The van der Waals surface area contributed by atoms with E-state index in [1.807, 2.05) is 0 Å². The smallest absolute Gasteiger partial charge is 0.191 e. The predicted molar refractivity (Wildman–Crippen MR) is 99.3 cm³/mol. The van der Waals surface area contributed by atoms with Crippen molar-refractivity contribution in [2.75, 3.05) is 54.6 Å². The van der Waals surface area contributed by atoms with E-state index in [-0.39, 0.29) is 0 Å². The largest absolute Gasteiger partial charge is 0.385 e. The Balaban J connectivity index is 2.25. The summed E-state index contributed by atoms with van der Waals surface area (Å²) < 4.78 is 10.2. The van der Waals surface area contributed by atoms with Crippen molar-refractivity contribution in [3.8, 4) is 0 Å². The number of rotatable bonds is 11. The Morgan fingerprint density at radius 1 is 1.04 bits per heavy atom. The van der Waals surface area contributed by atoms with E-state index in [9.17, 15) is 0 Å². The standard InChI is InChI=1S/C18H32N4O2/c1-19-18(20-10-12-22(2)11-5-13-23-3)21-14-16-6-8-17(9-7-16)15-24-4/h6-9H,5,10-15H2,1-4H3,(H2,19,20,21). The minimum Gasteiger partial charge on any atom is -0.385 e. The van der Waals surface area contributed by atoms with Gasteiger partial charge in [0.1, 0.15) is 0 Å². The van der Waals surface area contributed by atoms with E-state index >= 15 is 0 Å². The fourth-order valence-electron chi connectivity index (χ4n) is 2.28. The summed E-state index contributed by atoms with van der Waals surface area (Å²) in [5, 5.41) is 6.67. The van der Waals surface area contributed by atoms with Gasteiger partial charge >= 0.3 is 0 Å². The van der Waals surface area contributed by atoms with Crippen LogP contribution < -0.4 is 10.6 Å². The average molecular weight is 336 g/mol. The van der Waals surface area contributed by atoms with Crippen LogP contribution in [-0.4, -0.2) is 65.4 Å². The molecule has 1 rings (SSSR count). The van der Waals surface area contributed by atoms with Crippen LogP contribution >= 0.6 is 0 Å². The second kappa shape index (κ2) is 12.8. The molecule has 0 aromatic heterocycles. The van der Waals surface area contributed by atoms with Gasteiger partial charge in [0.05, 0.1) is 6.61 Å². The summed E-state index contributed by atoms with van der Waals surface area (Å²) in [7, 11) is 7.36. The molecule has 0 saturated heterocycles. The monoisotopic (exact) mass is 336 g/mol. The summed E-state index contributed by atoms with van der Waals surface area (Å²) in [5.74, 6) is 0.821. The van der Waals surface area contributed by atoms with Gasteiger partial charge < -0.3 is 25.0 Å². The third-order valence-electron chi connectivity index (χ3n) is 3.69. The van der Waals surface area contributed by atoms with Crippen molar-refractivity contribution in [3.05, 3.63) is 35.4 Å². The summed E-state index contributed by atoms with van der Waals surface area (Å²) in [6, 6.07) is 8.40. The summed E-state index contributed by atoms with van der Waals surface area (Å²) in [6.45, 7) is 5.07. The Kier molecular flexibility index (Phi) is 10.8. The van der Waals surface area contributed by atoms with Gasteiger partial charge in [0.15, 0.2) is 5.96 Å². The van der Waals surface area contributed by atoms with Gasteiger partial charge in [-0.2, -0.15) is 0 Å². The van der Waals surface area contributed by atoms with Crippen LogP contribution in [0.1, 0.15) is 17.5 Å². The molecule has 0 spiro atoms. The average Bonchev–Trinajstić information content (AvgIpc) is 2.59. The van der Waals surface area contributed by atoms with Gasteiger partial charge in [-0.3, -0.25) is 4.99 Å². The van der Waals surface area contributed by atoms with Gasteiger partial charge in [-0.1, -0.05) is 24.3 Å². The fourth-order valence-corrected chi connectivity index (χ4v) is 2.28. The third kappa shape index (κ3) is 8.86. The SMILES string of the molecule is CN=C(NCCN(C)CCCOC)NCc1ccc(COC)cc1. The molecule has 136 valence electrons. The molecule has 0 amide bonds. The van der Waals surface area contributed by atoms with Gasteiger partial charge in [0.25, 0.3) is 0 Å². The molecule has 0 aliphatic carbocycles. The minimum absolute atomic E-state index is 0.648. The first-order valence-electron chi connectivity index (χ1n) is 8.38. The second-order valence-electron chi connectivity index (χ2n) is 5.75. The molecule has 24 heavy (non-hydrogen) atoms. The van der Waals surface area contributed by atoms with E-state index < -0.39 is 0 Å². The van der Waals surface area contributed by atoms with Crippen LogP contribution in [0.15, 0.2) is 29.3 Å². The number of hydrogen-bond acceptors (Lipinski definition) is 4. The molecule has 2 N–H and O–H groups in total. The molecule has 0 bridgehead atoms. The molecule has 0 radical (unpaired) electrons. The van der Waals surface area contributed by atoms with Crippen LogP contribution in [0.4, 0.5) is 0 Å². The second-order valence-corrected chi connectivity index (χ2v) is 5.75. The van der Waals surface area contributed by atoms with Crippen LogP contribution in [0.5, 0.6) is 0 Å². The predicted octanol–water partition coefficient (Wildman–Crippen LogP) is 1.47. The van der Waals surface area contributed by atoms with Crippen molar-refractivity contribution < 1.29 is 9.47 Å². The molecule has 1 aromatic rings. The topological polar surface area (TPSA) is 58.1 Å². The number of hydrogen-bond donors (Lipinski definition) is 2. The molecular formula is C18H32N4O2. The Bertz CT molecular complexity index is 463. The van der Waals surface area contributed by atoms with Crippen molar-refractivity contribution in [2.45, 2.75) is 19.6 Å². The van der Waals surface area contributed by atoms with E-state index in [1.165, 1.54) is 11.1 Å². The number of nitrogens with one attached hydrogen (secondary N) is 2. The molecule has 6 nitrogen and oxygen atoms in total. The minimum atomic E-state index is 0.648. The normalized spacial score (nSPS) is 11.8. The number of aliphatic imine (C=N–C) groups is 1. The number of guanidine groups is 1. The van der Waals surface area contributed by atoms with E-state index in [0.29, 0.717) is 6.61 Å². The Morgan fingerprint density at radius 3 is 2.38 bits per heavy atom. The van der Waals surface area contributed by atoms with E-state index in [0.717, 1.165) is 45.2 Å². The lowest BCUT2D eigenvalue weighted by molar-refractivity contribution is 0.180. The molecule has 6 heteroatoms. The zero-order valence-corrected chi connectivity index (χ0v) is 15.5. The maximum Gasteiger partial charge on any atom is 0.191 e. The van der Waals surface area contributed by atoms with Crippen molar-refractivity contribution in [1.29, 1.82) is 0 Å². The summed E-state index contributed by atoms with van der Waals surface area (Å²) in [4.78, 5) is 6.54. The van der Waals surface area contributed by atoms with Crippen molar-refractivity contribution in [1.82, 2.24) is 15.5 Å². The van der Waals surface area contributed by atoms with Gasteiger partial charge in [0.2, 0.25) is 0 Å². The van der Waals surface area contributed by atoms with Gasteiger partial charge in [-0.05, 0) is 24.6 Å². The lowest BCUT2D eigenvalue weighted by Gasteiger charge is -2.18. The molecular weight excluding hydrogens is 304 g/mol. The van der Waals surface area contributed by atoms with Crippen molar-refractivity contribution in [3.63, 3.8) is 0 Å². The van der Waals surface area contributed by atoms with Crippen LogP contribution in [-0.2, 0) is 22.6 Å². The highest BCUT2D eigenvalue weighted by Crippen LogP contribution is 2.05. The molecule has 0 heterocycles. The number of methoxy groups -OCH3 is 2. The van der Waals surface area contributed by atoms with Gasteiger partial charge in [-0.25, -0.2) is 0 Å².